The minimum atomic E-state index is -3.66. The Labute approximate surface area is 171 Å². The van der Waals surface area contributed by atoms with Crippen molar-refractivity contribution in [3.8, 4) is 0 Å². The Bertz CT molecular complexity index is 370. The molecule has 0 saturated carbocycles. The van der Waals surface area contributed by atoms with Crippen molar-refractivity contribution >= 4 is 10.1 Å². The second-order valence-corrected chi connectivity index (χ2v) is 9.72. The van der Waals surface area contributed by atoms with Crippen LogP contribution < -0.4 is 0 Å². The molecule has 0 spiro atoms. The van der Waals surface area contributed by atoms with E-state index in [9.17, 15) is 8.42 Å². The first-order chi connectivity index (χ1) is 12.8. The first kappa shape index (κ1) is 29.1. The van der Waals surface area contributed by atoms with E-state index in [1.165, 1.54) is 116 Å². The second kappa shape index (κ2) is 22.2. The lowest BCUT2D eigenvalue weighted by molar-refractivity contribution is 0.389. The smallest absolute Gasteiger partial charge is 0.264 e. The van der Waals surface area contributed by atoms with Gasteiger partial charge in [-0.2, -0.15) is 8.42 Å². The predicted molar refractivity (Wildman–Crippen MR) is 120 cm³/mol. The van der Waals surface area contributed by atoms with Crippen LogP contribution in [0.2, 0.25) is 0 Å². The van der Waals surface area contributed by atoms with E-state index in [1.807, 2.05) is 0 Å². The van der Waals surface area contributed by atoms with Crippen molar-refractivity contribution in [2.45, 2.75) is 117 Å². The normalized spacial score (nSPS) is 11.5. The summed E-state index contributed by atoms with van der Waals surface area (Å²) in [6.45, 7) is 4.93. The van der Waals surface area contributed by atoms with Gasteiger partial charge in [-0.25, -0.2) is 0 Å². The topological polar surface area (TPSA) is 57.6 Å². The summed E-state index contributed by atoms with van der Waals surface area (Å²) < 4.78 is 26.9. The van der Waals surface area contributed by atoms with Crippen LogP contribution in [0.15, 0.2) is 0 Å². The summed E-state index contributed by atoms with van der Waals surface area (Å²) in [6, 6.07) is 0. The fourth-order valence-corrected chi connectivity index (χ4v) is 2.98. The van der Waals surface area contributed by atoms with Gasteiger partial charge >= 0.3 is 0 Å². The molecule has 0 aliphatic heterocycles. The summed E-state index contributed by atoms with van der Waals surface area (Å²) >= 11 is 0. The van der Waals surface area contributed by atoms with Crippen LogP contribution in [0.25, 0.3) is 0 Å². The van der Waals surface area contributed by atoms with E-state index >= 15 is 0 Å². The molecule has 0 fully saturated rings. The van der Waals surface area contributed by atoms with Crippen molar-refractivity contribution in [2.75, 3.05) is 26.4 Å². The molecule has 0 aromatic rings. The number of unbranched alkanes of at least 4 members (excludes halogenated alkanes) is 15. The molecule has 0 bridgehead atoms. The lowest BCUT2D eigenvalue weighted by atomic mass is 10.0. The molecular formula is C22H49NO3S. The Morgan fingerprint density at radius 3 is 1.07 bits per heavy atom. The average molecular weight is 408 g/mol. The molecule has 0 heterocycles. The SMILES string of the molecule is CCCCCCCCCCCCCCCCCCN(C)C.CCS(=O)(=O)O. The van der Waals surface area contributed by atoms with Gasteiger partial charge in [0.1, 0.15) is 0 Å². The number of nitrogens with zero attached hydrogens (tertiary/aromatic N) is 1. The lowest BCUT2D eigenvalue weighted by Gasteiger charge is -2.08. The monoisotopic (exact) mass is 407 g/mol. The molecule has 0 aliphatic carbocycles. The highest BCUT2D eigenvalue weighted by Crippen LogP contribution is 2.13. The first-order valence-electron chi connectivity index (χ1n) is 11.4. The van der Waals surface area contributed by atoms with Gasteiger partial charge in [-0.15, -0.1) is 0 Å². The van der Waals surface area contributed by atoms with Crippen LogP contribution in [0.3, 0.4) is 0 Å². The van der Waals surface area contributed by atoms with E-state index in [2.05, 4.69) is 25.9 Å². The standard InChI is InChI=1S/C20H43N.C2H6O3S/c1-4-5-6-7-8-9-10-11-12-13-14-15-16-17-18-19-20-21(2)3;1-2-6(3,4)5/h4-20H2,1-3H3;2H2,1H3,(H,3,4,5). The van der Waals surface area contributed by atoms with Gasteiger partial charge in [0.25, 0.3) is 10.1 Å². The van der Waals surface area contributed by atoms with Crippen LogP contribution in [-0.2, 0) is 10.1 Å². The summed E-state index contributed by atoms with van der Waals surface area (Å²) in [5.41, 5.74) is 0. The van der Waals surface area contributed by atoms with Crippen LogP contribution >= 0.6 is 0 Å². The summed E-state index contributed by atoms with van der Waals surface area (Å²) in [5, 5.41) is 0. The Morgan fingerprint density at radius 1 is 0.593 bits per heavy atom. The third kappa shape index (κ3) is 33.8. The zero-order valence-corrected chi connectivity index (χ0v) is 19.7. The predicted octanol–water partition coefficient (Wildman–Crippen LogP) is 6.70. The average Bonchev–Trinajstić information content (AvgIpc) is 2.61. The molecule has 166 valence electrons. The molecule has 0 rings (SSSR count). The van der Waals surface area contributed by atoms with Gasteiger partial charge in [0.15, 0.2) is 0 Å². The third-order valence-electron chi connectivity index (χ3n) is 4.82. The Balaban J connectivity index is 0. The number of hydrogen-bond acceptors (Lipinski definition) is 3. The Morgan fingerprint density at radius 2 is 0.852 bits per heavy atom. The maximum absolute atomic E-state index is 9.56. The van der Waals surface area contributed by atoms with Gasteiger partial charge in [-0.3, -0.25) is 4.55 Å². The summed E-state index contributed by atoms with van der Waals surface area (Å²) in [5.74, 6) is -0.201. The molecule has 0 aromatic heterocycles. The van der Waals surface area contributed by atoms with E-state index in [-0.39, 0.29) is 5.75 Å². The Hall–Kier alpha value is -0.130. The van der Waals surface area contributed by atoms with Crippen molar-refractivity contribution in [3.63, 3.8) is 0 Å². The number of hydrogen-bond donors (Lipinski definition) is 1. The number of rotatable bonds is 18. The minimum Gasteiger partial charge on any atom is -0.309 e. The molecular weight excluding hydrogens is 358 g/mol. The molecule has 0 radical (unpaired) electrons. The maximum atomic E-state index is 9.56. The molecule has 0 aromatic carbocycles. The van der Waals surface area contributed by atoms with E-state index in [0.29, 0.717) is 0 Å². The van der Waals surface area contributed by atoms with Crippen LogP contribution in [0.5, 0.6) is 0 Å². The Kier molecular flexibility index (Phi) is 23.9. The third-order valence-corrected chi connectivity index (χ3v) is 5.55. The van der Waals surface area contributed by atoms with E-state index in [0.717, 1.165) is 0 Å². The van der Waals surface area contributed by atoms with Gasteiger partial charge in [0.2, 0.25) is 0 Å². The van der Waals surface area contributed by atoms with Gasteiger partial charge in [0, 0.05) is 0 Å². The molecule has 0 aliphatic rings. The zero-order chi connectivity index (χ0) is 20.8. The fraction of sp³-hybridized carbons (Fsp3) is 1.00. The van der Waals surface area contributed by atoms with Crippen LogP contribution in [0, 0.1) is 0 Å². The minimum absolute atomic E-state index is 0.201. The van der Waals surface area contributed by atoms with Gasteiger partial charge < -0.3 is 4.90 Å². The van der Waals surface area contributed by atoms with Crippen molar-refractivity contribution in [1.29, 1.82) is 0 Å². The quantitative estimate of drug-likeness (QED) is 0.203. The van der Waals surface area contributed by atoms with Crippen LogP contribution in [-0.4, -0.2) is 44.3 Å². The second-order valence-electron chi connectivity index (χ2n) is 7.98. The molecule has 0 amide bonds. The van der Waals surface area contributed by atoms with Gasteiger partial charge in [-0.1, -0.05) is 103 Å². The van der Waals surface area contributed by atoms with Gasteiger partial charge in [0.05, 0.1) is 5.75 Å². The highest BCUT2D eigenvalue weighted by Gasteiger charge is 1.95. The van der Waals surface area contributed by atoms with Crippen molar-refractivity contribution in [2.24, 2.45) is 0 Å². The molecule has 1 N–H and O–H groups in total. The van der Waals surface area contributed by atoms with Crippen LogP contribution in [0.4, 0.5) is 0 Å². The van der Waals surface area contributed by atoms with E-state index in [4.69, 9.17) is 4.55 Å². The van der Waals surface area contributed by atoms with Crippen molar-refractivity contribution < 1.29 is 13.0 Å². The van der Waals surface area contributed by atoms with Crippen LogP contribution in [0.1, 0.15) is 117 Å². The summed E-state index contributed by atoms with van der Waals surface area (Å²) in [4.78, 5) is 2.30. The molecule has 27 heavy (non-hydrogen) atoms. The lowest BCUT2D eigenvalue weighted by Crippen LogP contribution is -2.12. The van der Waals surface area contributed by atoms with Crippen molar-refractivity contribution in [3.05, 3.63) is 0 Å². The fourth-order valence-electron chi connectivity index (χ4n) is 2.98. The van der Waals surface area contributed by atoms with Gasteiger partial charge in [-0.05, 0) is 34.0 Å². The first-order valence-corrected chi connectivity index (χ1v) is 13.0. The maximum Gasteiger partial charge on any atom is 0.264 e. The summed E-state index contributed by atoms with van der Waals surface area (Å²) in [6.07, 6.45) is 23.3. The van der Waals surface area contributed by atoms with E-state index in [1.54, 1.807) is 0 Å². The molecule has 0 saturated heterocycles. The molecule has 0 atom stereocenters. The van der Waals surface area contributed by atoms with Crippen molar-refractivity contribution in [1.82, 2.24) is 4.90 Å². The molecule has 5 heteroatoms. The largest absolute Gasteiger partial charge is 0.309 e. The summed E-state index contributed by atoms with van der Waals surface area (Å²) in [7, 11) is 0.682. The molecule has 4 nitrogen and oxygen atoms in total. The highest BCUT2D eigenvalue weighted by molar-refractivity contribution is 7.85. The zero-order valence-electron chi connectivity index (χ0n) is 18.8. The van der Waals surface area contributed by atoms with E-state index < -0.39 is 10.1 Å². The highest BCUT2D eigenvalue weighted by atomic mass is 32.2. The molecule has 0 unspecified atom stereocenters.